The third kappa shape index (κ3) is 5.51. The zero-order valence-electron chi connectivity index (χ0n) is 19.2. The molecule has 0 atom stereocenters. The van der Waals surface area contributed by atoms with Gasteiger partial charge in [-0.3, -0.25) is 4.79 Å². The number of ether oxygens (including phenoxy) is 3. The molecule has 1 saturated heterocycles. The summed E-state index contributed by atoms with van der Waals surface area (Å²) in [5.41, 5.74) is 0.580. The molecule has 1 aromatic carbocycles. The fraction of sp³-hybridized carbons (Fsp3) is 0.583. The van der Waals surface area contributed by atoms with E-state index >= 15 is 0 Å². The first-order valence-corrected chi connectivity index (χ1v) is 11.5. The Bertz CT molecular complexity index is 829. The number of hydrogen-bond donors (Lipinski definition) is 0. The second kappa shape index (κ2) is 11.1. The molecule has 1 aliphatic rings. The molecule has 0 N–H and O–H groups in total. The molecular formula is C24H35N3O4. The summed E-state index contributed by atoms with van der Waals surface area (Å²) in [5, 5.41) is 0. The number of carbonyl (C=O) groups is 1. The Kier molecular flexibility index (Phi) is 8.20. The van der Waals surface area contributed by atoms with Crippen LogP contribution in [0.15, 0.2) is 24.5 Å². The molecule has 1 aromatic heterocycles. The maximum absolute atomic E-state index is 13.3. The van der Waals surface area contributed by atoms with Crippen LogP contribution < -0.4 is 14.2 Å². The van der Waals surface area contributed by atoms with Gasteiger partial charge in [0.15, 0.2) is 11.5 Å². The lowest BCUT2D eigenvalue weighted by Crippen LogP contribution is -2.39. The highest BCUT2D eigenvalue weighted by Gasteiger charge is 2.26. The van der Waals surface area contributed by atoms with E-state index in [1.807, 2.05) is 31.9 Å². The molecule has 0 bridgehead atoms. The zero-order chi connectivity index (χ0) is 22.2. The van der Waals surface area contributed by atoms with Crippen LogP contribution >= 0.6 is 0 Å². The highest BCUT2D eigenvalue weighted by molar-refractivity contribution is 5.95. The van der Waals surface area contributed by atoms with Gasteiger partial charge in [0.05, 0.1) is 19.8 Å². The smallest absolute Gasteiger partial charge is 0.254 e. The number of imidazole rings is 1. The molecule has 2 heterocycles. The summed E-state index contributed by atoms with van der Waals surface area (Å²) in [4.78, 5) is 19.6. The lowest BCUT2D eigenvalue weighted by Gasteiger charge is -2.32. The van der Waals surface area contributed by atoms with Crippen molar-refractivity contribution >= 4 is 5.91 Å². The van der Waals surface area contributed by atoms with E-state index in [9.17, 15) is 4.79 Å². The van der Waals surface area contributed by atoms with Crippen molar-refractivity contribution in [1.82, 2.24) is 14.5 Å². The van der Waals surface area contributed by atoms with E-state index in [4.69, 9.17) is 14.2 Å². The molecule has 0 spiro atoms. The van der Waals surface area contributed by atoms with Crippen LogP contribution in [-0.4, -0.2) is 53.3 Å². The average molecular weight is 430 g/mol. The first-order valence-electron chi connectivity index (χ1n) is 11.5. The Hall–Kier alpha value is -2.70. The van der Waals surface area contributed by atoms with Gasteiger partial charge in [-0.1, -0.05) is 6.92 Å². The van der Waals surface area contributed by atoms with Crippen LogP contribution in [0.1, 0.15) is 56.7 Å². The van der Waals surface area contributed by atoms with Gasteiger partial charge in [-0.2, -0.15) is 0 Å². The molecule has 7 heteroatoms. The number of carbonyl (C=O) groups excluding carboxylic acids is 1. The van der Waals surface area contributed by atoms with Crippen molar-refractivity contribution in [3.8, 4) is 17.2 Å². The van der Waals surface area contributed by atoms with E-state index in [-0.39, 0.29) is 5.91 Å². The minimum Gasteiger partial charge on any atom is -0.490 e. The summed E-state index contributed by atoms with van der Waals surface area (Å²) >= 11 is 0. The molecule has 31 heavy (non-hydrogen) atoms. The Balaban J connectivity index is 1.71. The maximum Gasteiger partial charge on any atom is 0.254 e. The average Bonchev–Trinajstić information content (AvgIpc) is 3.23. The van der Waals surface area contributed by atoms with Crippen molar-refractivity contribution in [1.29, 1.82) is 0 Å². The summed E-state index contributed by atoms with van der Waals surface area (Å²) < 4.78 is 19.5. The van der Waals surface area contributed by atoms with Crippen LogP contribution in [-0.2, 0) is 13.0 Å². The fourth-order valence-corrected chi connectivity index (χ4v) is 4.11. The van der Waals surface area contributed by atoms with Gasteiger partial charge in [0, 0.05) is 44.0 Å². The van der Waals surface area contributed by atoms with E-state index < -0.39 is 0 Å². The van der Waals surface area contributed by atoms with Gasteiger partial charge < -0.3 is 23.7 Å². The third-order valence-electron chi connectivity index (χ3n) is 5.63. The van der Waals surface area contributed by atoms with E-state index in [0.29, 0.717) is 48.6 Å². The van der Waals surface area contributed by atoms with Gasteiger partial charge in [-0.05, 0) is 51.7 Å². The largest absolute Gasteiger partial charge is 0.490 e. The van der Waals surface area contributed by atoms with E-state index in [2.05, 4.69) is 22.7 Å². The second-order valence-electron chi connectivity index (χ2n) is 7.69. The van der Waals surface area contributed by atoms with Crippen molar-refractivity contribution in [2.24, 2.45) is 5.92 Å². The summed E-state index contributed by atoms with van der Waals surface area (Å²) in [6, 6.07) is 3.56. The highest BCUT2D eigenvalue weighted by atomic mass is 16.5. The Morgan fingerprint density at radius 2 is 1.61 bits per heavy atom. The number of hydrogen-bond acceptors (Lipinski definition) is 5. The standard InChI is InChI=1S/C24H35N3O4/c1-5-22-25-11-14-27(22)17-18-9-12-26(13-10-18)24(28)19-15-20(29-6-2)23(31-8-4)21(16-19)30-7-3/h11,14-16,18H,5-10,12-13,17H2,1-4H3. The molecule has 3 rings (SSSR count). The van der Waals surface area contributed by atoms with Crippen molar-refractivity contribution in [3.63, 3.8) is 0 Å². The lowest BCUT2D eigenvalue weighted by molar-refractivity contribution is 0.0681. The van der Waals surface area contributed by atoms with Crippen molar-refractivity contribution < 1.29 is 19.0 Å². The summed E-state index contributed by atoms with van der Waals surface area (Å²) in [7, 11) is 0. The van der Waals surface area contributed by atoms with Gasteiger partial charge in [0.25, 0.3) is 5.91 Å². The number of nitrogens with zero attached hydrogens (tertiary/aromatic N) is 3. The SMILES string of the molecule is CCOc1cc(C(=O)N2CCC(Cn3ccnc3CC)CC2)cc(OCC)c1OCC. The van der Waals surface area contributed by atoms with Crippen molar-refractivity contribution in [2.45, 2.75) is 53.5 Å². The van der Waals surface area contributed by atoms with Crippen molar-refractivity contribution in [2.75, 3.05) is 32.9 Å². The van der Waals surface area contributed by atoms with Gasteiger partial charge in [0.1, 0.15) is 5.82 Å². The fourth-order valence-electron chi connectivity index (χ4n) is 4.11. The topological polar surface area (TPSA) is 65.8 Å². The number of amides is 1. The summed E-state index contributed by atoms with van der Waals surface area (Å²) in [5.74, 6) is 3.37. The van der Waals surface area contributed by atoms with Gasteiger partial charge in [-0.15, -0.1) is 0 Å². The minimum atomic E-state index is 0.0142. The zero-order valence-corrected chi connectivity index (χ0v) is 19.2. The summed E-state index contributed by atoms with van der Waals surface area (Å²) in [6.45, 7) is 11.8. The van der Waals surface area contributed by atoms with Crippen LogP contribution in [0.3, 0.4) is 0 Å². The van der Waals surface area contributed by atoms with Crippen LogP contribution in [0.25, 0.3) is 0 Å². The Morgan fingerprint density at radius 1 is 1.00 bits per heavy atom. The molecular weight excluding hydrogens is 394 g/mol. The maximum atomic E-state index is 13.3. The van der Waals surface area contributed by atoms with E-state index in [1.54, 1.807) is 12.1 Å². The highest BCUT2D eigenvalue weighted by Crippen LogP contribution is 2.39. The van der Waals surface area contributed by atoms with Gasteiger partial charge >= 0.3 is 0 Å². The number of piperidine rings is 1. The van der Waals surface area contributed by atoms with Crippen LogP contribution in [0.2, 0.25) is 0 Å². The molecule has 0 radical (unpaired) electrons. The van der Waals surface area contributed by atoms with Crippen LogP contribution in [0, 0.1) is 5.92 Å². The van der Waals surface area contributed by atoms with E-state index in [1.165, 1.54) is 0 Å². The molecule has 7 nitrogen and oxygen atoms in total. The molecule has 0 saturated carbocycles. The third-order valence-corrected chi connectivity index (χ3v) is 5.63. The molecule has 1 aliphatic heterocycles. The van der Waals surface area contributed by atoms with Gasteiger partial charge in [-0.25, -0.2) is 4.98 Å². The number of likely N-dealkylation sites (tertiary alicyclic amines) is 1. The Morgan fingerprint density at radius 3 is 2.16 bits per heavy atom. The van der Waals surface area contributed by atoms with Crippen LogP contribution in [0.4, 0.5) is 0 Å². The number of benzene rings is 1. The molecule has 0 unspecified atom stereocenters. The Labute approximate surface area is 185 Å². The second-order valence-corrected chi connectivity index (χ2v) is 7.69. The van der Waals surface area contributed by atoms with E-state index in [0.717, 1.165) is 44.7 Å². The molecule has 0 aliphatic carbocycles. The molecule has 1 fully saturated rings. The predicted octanol–water partition coefficient (Wildman–Crippen LogP) is 4.19. The molecule has 2 aromatic rings. The molecule has 170 valence electrons. The number of aryl methyl sites for hydroxylation is 1. The lowest BCUT2D eigenvalue weighted by atomic mass is 9.96. The normalized spacial score (nSPS) is 14.5. The number of aromatic nitrogens is 2. The first-order chi connectivity index (χ1) is 15.1. The predicted molar refractivity (Wildman–Crippen MR) is 120 cm³/mol. The van der Waals surface area contributed by atoms with Gasteiger partial charge in [0.2, 0.25) is 5.75 Å². The number of rotatable bonds is 10. The molecule has 1 amide bonds. The quantitative estimate of drug-likeness (QED) is 0.566. The monoisotopic (exact) mass is 429 g/mol. The van der Waals surface area contributed by atoms with Crippen LogP contribution in [0.5, 0.6) is 17.2 Å². The summed E-state index contributed by atoms with van der Waals surface area (Å²) in [6.07, 6.45) is 6.84. The first kappa shape index (κ1) is 23.0. The van der Waals surface area contributed by atoms with Crippen molar-refractivity contribution in [3.05, 3.63) is 35.9 Å². The minimum absolute atomic E-state index is 0.0142.